The Morgan fingerprint density at radius 2 is 1.71 bits per heavy atom. The Morgan fingerprint density at radius 3 is 2.42 bits per heavy atom. The van der Waals surface area contributed by atoms with Crippen LogP contribution in [0.2, 0.25) is 0 Å². The second kappa shape index (κ2) is 8.24. The van der Waals surface area contributed by atoms with Crippen molar-refractivity contribution < 1.29 is 18.7 Å². The summed E-state index contributed by atoms with van der Waals surface area (Å²) in [5, 5.41) is 0.873. The predicted octanol–water partition coefficient (Wildman–Crippen LogP) is 2.55. The van der Waals surface area contributed by atoms with Gasteiger partial charge in [0.05, 0.1) is 55.9 Å². The first-order valence-corrected chi connectivity index (χ1v) is 10.6. The van der Waals surface area contributed by atoms with E-state index in [2.05, 4.69) is 23.6 Å². The molecule has 0 bridgehead atoms. The molecule has 9 heteroatoms. The smallest absolute Gasteiger partial charge is 0.229 e. The zero-order valence-corrected chi connectivity index (χ0v) is 17.7. The molecule has 2 saturated heterocycles. The molecule has 162 valence electrons. The van der Waals surface area contributed by atoms with Gasteiger partial charge in [-0.25, -0.2) is 4.98 Å². The second-order valence-corrected chi connectivity index (χ2v) is 7.97. The summed E-state index contributed by atoms with van der Waals surface area (Å²) in [6.07, 6.45) is 2.19. The number of nitrogens with zero attached hydrogens (tertiary/aromatic N) is 5. The number of rotatable bonds is 4. The fourth-order valence-electron chi connectivity index (χ4n) is 4.17. The van der Waals surface area contributed by atoms with Gasteiger partial charge in [0.1, 0.15) is 5.82 Å². The molecule has 2 aliphatic rings. The summed E-state index contributed by atoms with van der Waals surface area (Å²) in [7, 11) is 0. The van der Waals surface area contributed by atoms with Gasteiger partial charge < -0.3 is 23.7 Å². The second-order valence-electron chi connectivity index (χ2n) is 7.97. The lowest BCUT2D eigenvalue weighted by atomic mass is 10.1. The molecule has 5 heterocycles. The third-order valence-corrected chi connectivity index (χ3v) is 5.87. The van der Waals surface area contributed by atoms with Crippen LogP contribution in [0.4, 0.5) is 11.8 Å². The van der Waals surface area contributed by atoms with Crippen LogP contribution in [-0.2, 0) is 9.47 Å². The SMILES string of the molecule is C[C@H]1COCCN1c1nc(N2CCOC[C@@H]2C)c2ccc(-c3ccoc3C=O)nc2n1. The number of morpholine rings is 2. The minimum Gasteiger partial charge on any atom is -0.461 e. The minimum absolute atomic E-state index is 0.167. The van der Waals surface area contributed by atoms with Gasteiger partial charge in [0, 0.05) is 18.7 Å². The van der Waals surface area contributed by atoms with Gasteiger partial charge in [-0.1, -0.05) is 0 Å². The summed E-state index contributed by atoms with van der Waals surface area (Å²) in [4.78, 5) is 30.4. The van der Waals surface area contributed by atoms with Crippen molar-refractivity contribution in [3.05, 3.63) is 30.2 Å². The highest BCUT2D eigenvalue weighted by Crippen LogP contribution is 2.32. The number of hydrogen-bond donors (Lipinski definition) is 0. The molecule has 0 radical (unpaired) electrons. The molecule has 0 amide bonds. The minimum atomic E-state index is 0.167. The summed E-state index contributed by atoms with van der Waals surface area (Å²) in [6, 6.07) is 5.96. The van der Waals surface area contributed by atoms with Gasteiger partial charge in [0.25, 0.3) is 0 Å². The molecular formula is C22H25N5O4. The fourth-order valence-corrected chi connectivity index (χ4v) is 4.17. The van der Waals surface area contributed by atoms with E-state index in [1.165, 1.54) is 6.26 Å². The van der Waals surface area contributed by atoms with Crippen molar-refractivity contribution in [3.8, 4) is 11.3 Å². The van der Waals surface area contributed by atoms with E-state index in [1.807, 2.05) is 12.1 Å². The molecule has 31 heavy (non-hydrogen) atoms. The molecule has 0 aromatic carbocycles. The molecule has 0 saturated carbocycles. The van der Waals surface area contributed by atoms with Crippen LogP contribution in [0, 0.1) is 0 Å². The van der Waals surface area contributed by atoms with Crippen molar-refractivity contribution in [2.45, 2.75) is 25.9 Å². The van der Waals surface area contributed by atoms with Crippen molar-refractivity contribution in [1.82, 2.24) is 15.0 Å². The fraction of sp³-hybridized carbons (Fsp3) is 0.455. The van der Waals surface area contributed by atoms with E-state index in [0.29, 0.717) is 55.6 Å². The number of hydrogen-bond acceptors (Lipinski definition) is 9. The largest absolute Gasteiger partial charge is 0.461 e. The summed E-state index contributed by atoms with van der Waals surface area (Å²) in [5.74, 6) is 1.76. The van der Waals surface area contributed by atoms with Gasteiger partial charge in [0.2, 0.25) is 5.95 Å². The molecule has 0 unspecified atom stereocenters. The number of pyridine rings is 1. The van der Waals surface area contributed by atoms with Gasteiger partial charge in [-0.3, -0.25) is 4.79 Å². The molecule has 0 N–H and O–H groups in total. The first kappa shape index (κ1) is 19.9. The van der Waals surface area contributed by atoms with E-state index >= 15 is 0 Å². The lowest BCUT2D eigenvalue weighted by Gasteiger charge is -2.37. The molecule has 5 rings (SSSR count). The summed E-state index contributed by atoms with van der Waals surface area (Å²) < 4.78 is 16.5. The van der Waals surface area contributed by atoms with Crippen LogP contribution in [-0.4, -0.2) is 72.8 Å². The molecule has 9 nitrogen and oxygen atoms in total. The number of fused-ring (bicyclic) bond motifs is 1. The van der Waals surface area contributed by atoms with Crippen molar-refractivity contribution in [3.63, 3.8) is 0 Å². The third-order valence-electron chi connectivity index (χ3n) is 5.87. The Balaban J connectivity index is 1.67. The molecular weight excluding hydrogens is 398 g/mol. The molecule has 0 aliphatic carbocycles. The van der Waals surface area contributed by atoms with Crippen molar-refractivity contribution in [2.75, 3.05) is 49.3 Å². The number of aldehydes is 1. The third kappa shape index (κ3) is 3.64. The number of carbonyl (C=O) groups is 1. The van der Waals surface area contributed by atoms with E-state index in [1.54, 1.807) is 6.07 Å². The highest BCUT2D eigenvalue weighted by molar-refractivity contribution is 5.91. The summed E-state index contributed by atoms with van der Waals surface area (Å²) in [6.45, 7) is 8.30. The van der Waals surface area contributed by atoms with E-state index in [-0.39, 0.29) is 17.8 Å². The van der Waals surface area contributed by atoms with E-state index in [0.717, 1.165) is 24.3 Å². The summed E-state index contributed by atoms with van der Waals surface area (Å²) in [5.41, 5.74) is 1.88. The highest BCUT2D eigenvalue weighted by Gasteiger charge is 2.27. The van der Waals surface area contributed by atoms with Crippen LogP contribution in [0.1, 0.15) is 24.4 Å². The van der Waals surface area contributed by atoms with Crippen molar-refractivity contribution in [1.29, 1.82) is 0 Å². The maximum Gasteiger partial charge on any atom is 0.229 e. The average Bonchev–Trinajstić information content (AvgIpc) is 3.28. The predicted molar refractivity (Wildman–Crippen MR) is 116 cm³/mol. The van der Waals surface area contributed by atoms with Gasteiger partial charge in [-0.15, -0.1) is 0 Å². The first-order valence-electron chi connectivity index (χ1n) is 10.6. The lowest BCUT2D eigenvalue weighted by molar-refractivity contribution is 0.0973. The number of aromatic nitrogens is 3. The Labute approximate surface area is 180 Å². The molecule has 0 spiro atoms. The average molecular weight is 423 g/mol. The normalized spacial score (nSPS) is 22.1. The van der Waals surface area contributed by atoms with E-state index in [4.69, 9.17) is 28.8 Å². The number of ether oxygens (including phenoxy) is 2. The van der Waals surface area contributed by atoms with Gasteiger partial charge in [-0.2, -0.15) is 9.97 Å². The van der Waals surface area contributed by atoms with E-state index < -0.39 is 0 Å². The van der Waals surface area contributed by atoms with Crippen LogP contribution < -0.4 is 9.80 Å². The number of anilines is 2. The van der Waals surface area contributed by atoms with Crippen LogP contribution >= 0.6 is 0 Å². The van der Waals surface area contributed by atoms with Crippen LogP contribution in [0.3, 0.4) is 0 Å². The first-order chi connectivity index (χ1) is 15.2. The molecule has 3 aromatic heterocycles. The maximum absolute atomic E-state index is 11.3. The van der Waals surface area contributed by atoms with Gasteiger partial charge in [0.15, 0.2) is 17.7 Å². The maximum atomic E-state index is 11.3. The monoisotopic (exact) mass is 423 g/mol. The van der Waals surface area contributed by atoms with Crippen molar-refractivity contribution in [2.24, 2.45) is 0 Å². The molecule has 2 aliphatic heterocycles. The topological polar surface area (TPSA) is 93.8 Å². The Morgan fingerprint density at radius 1 is 0.968 bits per heavy atom. The standard InChI is InChI=1S/C22H25N5O4/c1-14-12-29-9-6-26(14)21-17-3-4-18(16-5-8-31-19(16)11-28)23-20(17)24-22(25-21)27-7-10-30-13-15(27)2/h3-5,8,11,14-15H,6-7,9-10,12-13H2,1-2H3/t14-,15-/m0/s1. The zero-order chi connectivity index (χ0) is 21.4. The van der Waals surface area contributed by atoms with Crippen molar-refractivity contribution >= 4 is 29.1 Å². The Bertz CT molecular complexity index is 1100. The van der Waals surface area contributed by atoms with Gasteiger partial charge >= 0.3 is 0 Å². The quantitative estimate of drug-likeness (QED) is 0.587. The van der Waals surface area contributed by atoms with Gasteiger partial charge in [-0.05, 0) is 32.0 Å². The number of furan rings is 1. The summed E-state index contributed by atoms with van der Waals surface area (Å²) >= 11 is 0. The number of carbonyl (C=O) groups excluding carboxylic acids is 1. The molecule has 3 aromatic rings. The zero-order valence-electron chi connectivity index (χ0n) is 17.7. The Kier molecular flexibility index (Phi) is 5.29. The molecule has 2 atom stereocenters. The van der Waals surface area contributed by atoms with Crippen LogP contribution in [0.5, 0.6) is 0 Å². The van der Waals surface area contributed by atoms with Crippen LogP contribution in [0.15, 0.2) is 28.9 Å². The Hall–Kier alpha value is -3.04. The van der Waals surface area contributed by atoms with Crippen LogP contribution in [0.25, 0.3) is 22.3 Å². The lowest BCUT2D eigenvalue weighted by Crippen LogP contribution is -2.46. The highest BCUT2D eigenvalue weighted by atomic mass is 16.5. The van der Waals surface area contributed by atoms with E-state index in [9.17, 15) is 4.79 Å². The molecule has 2 fully saturated rings.